The van der Waals surface area contributed by atoms with Crippen LogP contribution in [0.15, 0.2) is 18.5 Å². The summed E-state index contributed by atoms with van der Waals surface area (Å²) in [6.45, 7) is 14.9. The van der Waals surface area contributed by atoms with Crippen molar-refractivity contribution in [3.05, 3.63) is 18.5 Å². The van der Waals surface area contributed by atoms with Gasteiger partial charge in [-0.15, -0.1) is 0 Å². The number of rotatable bonds is 3. The van der Waals surface area contributed by atoms with Gasteiger partial charge in [0.15, 0.2) is 0 Å². The van der Waals surface area contributed by atoms with Gasteiger partial charge >= 0.3 is 13.2 Å². The Morgan fingerprint density at radius 3 is 2.37 bits per heavy atom. The first kappa shape index (κ1) is 20.0. The van der Waals surface area contributed by atoms with Gasteiger partial charge in [-0.2, -0.15) is 0 Å². The molecule has 8 heteroatoms. The molecule has 0 aliphatic carbocycles. The summed E-state index contributed by atoms with van der Waals surface area (Å²) in [6.07, 6.45) is 3.26. The number of aromatic nitrogens is 1. The average Bonchev–Trinajstić information content (AvgIpc) is 2.69. The zero-order valence-electron chi connectivity index (χ0n) is 17.3. The summed E-state index contributed by atoms with van der Waals surface area (Å²) in [5.74, 6) is 0. The van der Waals surface area contributed by atoms with Gasteiger partial charge in [-0.1, -0.05) is 0 Å². The van der Waals surface area contributed by atoms with E-state index in [0.29, 0.717) is 13.1 Å². The van der Waals surface area contributed by atoms with Crippen LogP contribution in [0.5, 0.6) is 0 Å². The summed E-state index contributed by atoms with van der Waals surface area (Å²) < 4.78 is 17.6. The van der Waals surface area contributed by atoms with Crippen molar-refractivity contribution in [1.82, 2.24) is 9.88 Å². The molecule has 2 aliphatic rings. The number of ether oxygens (including phenoxy) is 1. The lowest BCUT2D eigenvalue weighted by molar-refractivity contribution is 0.00578. The predicted molar refractivity (Wildman–Crippen MR) is 105 cm³/mol. The van der Waals surface area contributed by atoms with Crippen molar-refractivity contribution in [2.45, 2.75) is 71.3 Å². The smallest absolute Gasteiger partial charge is 0.444 e. The molecule has 0 bridgehead atoms. The number of anilines is 1. The molecule has 148 valence electrons. The highest BCUT2D eigenvalue weighted by Crippen LogP contribution is 2.36. The third-order valence-corrected chi connectivity index (χ3v) is 5.19. The monoisotopic (exact) mass is 375 g/mol. The Morgan fingerprint density at radius 2 is 1.81 bits per heavy atom. The molecule has 3 rings (SSSR count). The topological polar surface area (TPSA) is 72.9 Å². The molecule has 0 aromatic carbocycles. The van der Waals surface area contributed by atoms with Crippen molar-refractivity contribution in [2.75, 3.05) is 18.4 Å². The molecule has 2 aliphatic heterocycles. The number of likely N-dealkylation sites (tertiary alicyclic amines) is 1. The van der Waals surface area contributed by atoms with E-state index in [4.69, 9.17) is 14.0 Å². The quantitative estimate of drug-likeness (QED) is 0.818. The van der Waals surface area contributed by atoms with Crippen molar-refractivity contribution in [2.24, 2.45) is 0 Å². The van der Waals surface area contributed by atoms with Crippen LogP contribution in [-0.4, -0.2) is 59.0 Å². The summed E-state index contributed by atoms with van der Waals surface area (Å²) in [5, 5.41) is 3.41. The minimum atomic E-state index is -0.476. The second-order valence-electron chi connectivity index (χ2n) is 9.32. The summed E-state index contributed by atoms with van der Waals surface area (Å²) in [5.41, 5.74) is 0.515. The lowest BCUT2D eigenvalue weighted by Crippen LogP contribution is -2.58. The molecule has 0 saturated carbocycles. The van der Waals surface area contributed by atoms with Crippen molar-refractivity contribution in [3.63, 3.8) is 0 Å². The van der Waals surface area contributed by atoms with E-state index in [1.165, 1.54) is 0 Å². The molecule has 7 nitrogen and oxygen atoms in total. The maximum absolute atomic E-state index is 12.0. The number of nitrogens with zero attached hydrogens (tertiary/aromatic N) is 2. The first-order valence-corrected chi connectivity index (χ1v) is 9.41. The fourth-order valence-electron chi connectivity index (χ4n) is 2.93. The van der Waals surface area contributed by atoms with Crippen molar-refractivity contribution in [3.8, 4) is 0 Å². The number of hydrogen-bond donors (Lipinski definition) is 1. The fourth-order valence-corrected chi connectivity index (χ4v) is 2.93. The first-order valence-electron chi connectivity index (χ1n) is 9.41. The Hall–Kier alpha value is -1.80. The Kier molecular flexibility index (Phi) is 4.93. The number of carbonyl (C=O) groups is 1. The minimum absolute atomic E-state index is 0.174. The van der Waals surface area contributed by atoms with Crippen LogP contribution in [0.3, 0.4) is 0 Å². The van der Waals surface area contributed by atoms with Gasteiger partial charge in [0.2, 0.25) is 0 Å². The Balaban J connectivity index is 1.57. The SMILES string of the molecule is CC(C)(C)OC(=O)N1CC(Nc2cncc(B3OC(C)(C)C(C)(C)O3)c2)C1. The molecular formula is C19H30BN3O4. The maximum Gasteiger partial charge on any atom is 0.496 e. The van der Waals surface area contributed by atoms with E-state index in [9.17, 15) is 4.79 Å². The Morgan fingerprint density at radius 1 is 1.22 bits per heavy atom. The van der Waals surface area contributed by atoms with Gasteiger partial charge in [-0.25, -0.2) is 4.79 Å². The summed E-state index contributed by atoms with van der Waals surface area (Å²) in [6, 6.07) is 2.17. The van der Waals surface area contributed by atoms with E-state index in [1.54, 1.807) is 17.3 Å². The highest BCUT2D eigenvalue weighted by molar-refractivity contribution is 6.62. The first-order chi connectivity index (χ1) is 12.4. The van der Waals surface area contributed by atoms with Crippen LogP contribution in [0.4, 0.5) is 10.5 Å². The number of carbonyl (C=O) groups excluding carboxylic acids is 1. The standard InChI is InChI=1S/C19H30BN3O4/c1-17(2,3)25-16(24)23-11-15(12-23)22-14-8-13(9-21-10-14)20-26-18(4,5)19(6,7)27-20/h8-10,15,22H,11-12H2,1-7H3. The Bertz CT molecular complexity index is 695. The second kappa shape index (κ2) is 6.67. The molecule has 1 amide bonds. The molecule has 1 aromatic rings. The molecule has 2 fully saturated rings. The fraction of sp³-hybridized carbons (Fsp3) is 0.684. The van der Waals surface area contributed by atoms with E-state index < -0.39 is 12.7 Å². The predicted octanol–water partition coefficient (Wildman–Crippen LogP) is 2.41. The van der Waals surface area contributed by atoms with Crippen molar-refractivity contribution in [1.29, 1.82) is 0 Å². The second-order valence-corrected chi connectivity index (χ2v) is 9.32. The molecule has 0 atom stereocenters. The molecular weight excluding hydrogens is 345 g/mol. The van der Waals surface area contributed by atoms with Crippen LogP contribution in [0.2, 0.25) is 0 Å². The lowest BCUT2D eigenvalue weighted by Gasteiger charge is -2.40. The van der Waals surface area contributed by atoms with Gasteiger partial charge in [0.05, 0.1) is 22.9 Å². The Labute approximate surface area is 161 Å². The van der Waals surface area contributed by atoms with Gasteiger partial charge in [-0.3, -0.25) is 4.98 Å². The molecule has 2 saturated heterocycles. The average molecular weight is 375 g/mol. The zero-order chi connectivity index (χ0) is 20.0. The minimum Gasteiger partial charge on any atom is -0.444 e. The van der Waals surface area contributed by atoms with Crippen LogP contribution >= 0.6 is 0 Å². The van der Waals surface area contributed by atoms with Crippen molar-refractivity contribution >= 4 is 24.4 Å². The van der Waals surface area contributed by atoms with E-state index >= 15 is 0 Å². The highest BCUT2D eigenvalue weighted by Gasteiger charge is 2.51. The van der Waals surface area contributed by atoms with Crippen LogP contribution in [0.25, 0.3) is 0 Å². The van der Waals surface area contributed by atoms with E-state index in [0.717, 1.165) is 11.2 Å². The van der Waals surface area contributed by atoms with Gasteiger partial charge < -0.3 is 24.3 Å². The zero-order valence-corrected chi connectivity index (χ0v) is 17.3. The molecule has 0 radical (unpaired) electrons. The maximum atomic E-state index is 12.0. The van der Waals surface area contributed by atoms with E-state index in [-0.39, 0.29) is 23.3 Å². The van der Waals surface area contributed by atoms with E-state index in [1.807, 2.05) is 54.5 Å². The van der Waals surface area contributed by atoms with Crippen LogP contribution in [-0.2, 0) is 14.0 Å². The largest absolute Gasteiger partial charge is 0.496 e. The highest BCUT2D eigenvalue weighted by atomic mass is 16.7. The molecule has 0 spiro atoms. The summed E-state index contributed by atoms with van der Waals surface area (Å²) >= 11 is 0. The van der Waals surface area contributed by atoms with Crippen LogP contribution in [0, 0.1) is 0 Å². The van der Waals surface area contributed by atoms with E-state index in [2.05, 4.69) is 10.3 Å². The van der Waals surface area contributed by atoms with Crippen LogP contribution < -0.4 is 10.8 Å². The van der Waals surface area contributed by atoms with Gasteiger partial charge in [0, 0.05) is 30.9 Å². The number of hydrogen-bond acceptors (Lipinski definition) is 6. The number of pyridine rings is 1. The summed E-state index contributed by atoms with van der Waals surface area (Å²) in [4.78, 5) is 18.0. The van der Waals surface area contributed by atoms with Crippen molar-refractivity contribution < 1.29 is 18.8 Å². The molecule has 0 unspecified atom stereocenters. The summed E-state index contributed by atoms with van der Waals surface area (Å²) in [7, 11) is -0.441. The third-order valence-electron chi connectivity index (χ3n) is 5.19. The lowest BCUT2D eigenvalue weighted by atomic mass is 9.80. The number of amides is 1. The number of nitrogens with one attached hydrogen (secondary N) is 1. The molecule has 27 heavy (non-hydrogen) atoms. The normalized spacial score (nSPS) is 21.7. The molecule has 1 N–H and O–H groups in total. The molecule has 3 heterocycles. The van der Waals surface area contributed by atoms with Gasteiger partial charge in [0.1, 0.15) is 5.60 Å². The van der Waals surface area contributed by atoms with Gasteiger partial charge in [0.25, 0.3) is 0 Å². The van der Waals surface area contributed by atoms with Crippen LogP contribution in [0.1, 0.15) is 48.5 Å². The van der Waals surface area contributed by atoms with Gasteiger partial charge in [-0.05, 0) is 54.5 Å². The third kappa shape index (κ3) is 4.38. The molecule has 1 aromatic heterocycles.